The number of methoxy groups -OCH3 is 1. The van der Waals surface area contributed by atoms with E-state index < -0.39 is 0 Å². The molecule has 0 bridgehead atoms. The second kappa shape index (κ2) is 7.34. The first-order chi connectivity index (χ1) is 14.7. The first-order valence-electron chi connectivity index (χ1n) is 9.95. The van der Waals surface area contributed by atoms with Gasteiger partial charge in [0.2, 0.25) is 0 Å². The zero-order valence-electron chi connectivity index (χ0n) is 16.6. The Morgan fingerprint density at radius 2 is 1.83 bits per heavy atom. The van der Waals surface area contributed by atoms with Gasteiger partial charge in [-0.25, -0.2) is 4.39 Å². The zero-order valence-corrected chi connectivity index (χ0v) is 16.6. The summed E-state index contributed by atoms with van der Waals surface area (Å²) in [5.74, 6) is 0.467. The number of benzene rings is 3. The smallest absolute Gasteiger partial charge is 0.254 e. The monoisotopic (exact) mass is 400 g/mol. The van der Waals surface area contributed by atoms with Crippen LogP contribution in [0.1, 0.15) is 33.2 Å². The molecule has 4 nitrogen and oxygen atoms in total. The van der Waals surface area contributed by atoms with Gasteiger partial charge < -0.3 is 14.6 Å². The van der Waals surface area contributed by atoms with Gasteiger partial charge in [0.05, 0.1) is 13.2 Å². The van der Waals surface area contributed by atoms with Crippen LogP contribution in [0, 0.1) is 5.82 Å². The fourth-order valence-electron chi connectivity index (χ4n) is 4.35. The number of carbonyl (C=O) groups is 1. The van der Waals surface area contributed by atoms with Crippen LogP contribution in [0.5, 0.6) is 5.75 Å². The average molecular weight is 400 g/mol. The molecule has 1 amide bonds. The van der Waals surface area contributed by atoms with Gasteiger partial charge in [0.15, 0.2) is 0 Å². The molecule has 4 aromatic rings. The van der Waals surface area contributed by atoms with Crippen LogP contribution in [0.25, 0.3) is 10.9 Å². The summed E-state index contributed by atoms with van der Waals surface area (Å²) in [5.41, 5.74) is 4.67. The van der Waals surface area contributed by atoms with Crippen LogP contribution in [0.2, 0.25) is 0 Å². The minimum absolute atomic E-state index is 0.0354. The predicted molar refractivity (Wildman–Crippen MR) is 114 cm³/mol. The van der Waals surface area contributed by atoms with Gasteiger partial charge in [-0.2, -0.15) is 0 Å². The molecule has 0 radical (unpaired) electrons. The van der Waals surface area contributed by atoms with E-state index in [1.54, 1.807) is 19.2 Å². The highest BCUT2D eigenvalue weighted by molar-refractivity contribution is 5.95. The molecular weight excluding hydrogens is 379 g/mol. The van der Waals surface area contributed by atoms with E-state index in [-0.39, 0.29) is 17.8 Å². The molecule has 0 spiro atoms. The maximum Gasteiger partial charge on any atom is 0.254 e. The summed E-state index contributed by atoms with van der Waals surface area (Å²) < 4.78 is 19.0. The SMILES string of the molecule is COc1ccc2[nH]c3c(c2c1)CCN(C(=O)c1ccccc1)[C@@H]3c1ccc(F)cc1. The minimum atomic E-state index is -0.319. The number of nitrogens with zero attached hydrogens (tertiary/aromatic N) is 1. The van der Waals surface area contributed by atoms with Gasteiger partial charge in [0, 0.05) is 28.7 Å². The third-order valence-corrected chi connectivity index (χ3v) is 5.80. The van der Waals surface area contributed by atoms with Crippen molar-refractivity contribution in [3.8, 4) is 5.75 Å². The van der Waals surface area contributed by atoms with Crippen LogP contribution < -0.4 is 4.74 Å². The lowest BCUT2D eigenvalue weighted by Gasteiger charge is -2.36. The lowest BCUT2D eigenvalue weighted by Crippen LogP contribution is -2.40. The third-order valence-electron chi connectivity index (χ3n) is 5.80. The van der Waals surface area contributed by atoms with Gasteiger partial charge >= 0.3 is 0 Å². The van der Waals surface area contributed by atoms with Crippen molar-refractivity contribution in [2.24, 2.45) is 0 Å². The Kier molecular flexibility index (Phi) is 4.51. The van der Waals surface area contributed by atoms with Crippen LogP contribution in [-0.4, -0.2) is 29.4 Å². The number of fused-ring (bicyclic) bond motifs is 3. The number of rotatable bonds is 3. The highest BCUT2D eigenvalue weighted by Gasteiger charge is 2.35. The Morgan fingerprint density at radius 3 is 2.57 bits per heavy atom. The number of hydrogen-bond acceptors (Lipinski definition) is 2. The van der Waals surface area contributed by atoms with E-state index >= 15 is 0 Å². The number of ether oxygens (including phenoxy) is 1. The summed E-state index contributed by atoms with van der Waals surface area (Å²) in [6.45, 7) is 0.576. The second-order valence-electron chi connectivity index (χ2n) is 7.50. The van der Waals surface area contributed by atoms with Crippen LogP contribution >= 0.6 is 0 Å². The first kappa shape index (κ1) is 18.4. The minimum Gasteiger partial charge on any atom is -0.497 e. The molecule has 1 aliphatic rings. The van der Waals surface area contributed by atoms with Crippen LogP contribution in [-0.2, 0) is 6.42 Å². The first-order valence-corrected chi connectivity index (χ1v) is 9.95. The molecule has 0 fully saturated rings. The molecule has 30 heavy (non-hydrogen) atoms. The van der Waals surface area contributed by atoms with Gasteiger partial charge in [-0.1, -0.05) is 30.3 Å². The van der Waals surface area contributed by atoms with Crippen molar-refractivity contribution in [3.63, 3.8) is 0 Å². The molecule has 1 aliphatic heterocycles. The number of aromatic nitrogens is 1. The Bertz CT molecular complexity index is 1220. The molecule has 3 aromatic carbocycles. The molecule has 2 heterocycles. The van der Waals surface area contributed by atoms with Crippen molar-refractivity contribution < 1.29 is 13.9 Å². The third kappa shape index (κ3) is 3.03. The van der Waals surface area contributed by atoms with Crippen molar-refractivity contribution in [2.45, 2.75) is 12.5 Å². The van der Waals surface area contributed by atoms with Crippen molar-refractivity contribution in [3.05, 3.63) is 101 Å². The van der Waals surface area contributed by atoms with Gasteiger partial charge in [-0.15, -0.1) is 0 Å². The fraction of sp³-hybridized carbons (Fsp3) is 0.160. The lowest BCUT2D eigenvalue weighted by molar-refractivity contribution is 0.0692. The Hall–Kier alpha value is -3.60. The molecule has 0 saturated heterocycles. The largest absolute Gasteiger partial charge is 0.497 e. The van der Waals surface area contributed by atoms with Crippen molar-refractivity contribution in [1.29, 1.82) is 0 Å². The Balaban J connectivity index is 1.67. The summed E-state index contributed by atoms with van der Waals surface area (Å²) >= 11 is 0. The van der Waals surface area contributed by atoms with E-state index in [9.17, 15) is 9.18 Å². The molecule has 0 aliphatic carbocycles. The maximum atomic E-state index is 13.6. The average Bonchev–Trinajstić information content (AvgIpc) is 3.17. The summed E-state index contributed by atoms with van der Waals surface area (Å²) in [6.07, 6.45) is 0.735. The zero-order chi connectivity index (χ0) is 20.7. The van der Waals surface area contributed by atoms with E-state index in [4.69, 9.17) is 4.74 Å². The number of hydrogen-bond donors (Lipinski definition) is 1. The number of carbonyl (C=O) groups excluding carboxylic acids is 1. The van der Waals surface area contributed by atoms with E-state index in [2.05, 4.69) is 4.98 Å². The number of amides is 1. The number of nitrogens with one attached hydrogen (secondary N) is 1. The van der Waals surface area contributed by atoms with E-state index in [1.807, 2.05) is 53.4 Å². The van der Waals surface area contributed by atoms with E-state index in [0.29, 0.717) is 12.1 Å². The van der Waals surface area contributed by atoms with Crippen LogP contribution in [0.3, 0.4) is 0 Å². The van der Waals surface area contributed by atoms with Crippen LogP contribution in [0.15, 0.2) is 72.8 Å². The molecule has 0 unspecified atom stereocenters. The summed E-state index contributed by atoms with van der Waals surface area (Å²) in [4.78, 5) is 18.8. The topological polar surface area (TPSA) is 45.3 Å². The number of halogens is 1. The molecule has 150 valence electrons. The highest BCUT2D eigenvalue weighted by atomic mass is 19.1. The van der Waals surface area contributed by atoms with Crippen molar-refractivity contribution in [1.82, 2.24) is 9.88 Å². The Morgan fingerprint density at radius 1 is 1.07 bits per heavy atom. The number of aromatic amines is 1. The predicted octanol–water partition coefficient (Wildman–Crippen LogP) is 5.10. The summed E-state index contributed by atoms with van der Waals surface area (Å²) in [7, 11) is 1.65. The number of H-pyrrole nitrogens is 1. The second-order valence-corrected chi connectivity index (χ2v) is 7.50. The van der Waals surface area contributed by atoms with Crippen molar-refractivity contribution in [2.75, 3.05) is 13.7 Å². The molecule has 1 aromatic heterocycles. The van der Waals surface area contributed by atoms with E-state index in [1.165, 1.54) is 17.7 Å². The molecule has 5 rings (SSSR count). The molecular formula is C25H21FN2O2. The summed E-state index contributed by atoms with van der Waals surface area (Å²) in [6, 6.07) is 21.3. The quantitative estimate of drug-likeness (QED) is 0.520. The van der Waals surface area contributed by atoms with Crippen LogP contribution in [0.4, 0.5) is 4.39 Å². The standard InChI is InChI=1S/C25H21FN2O2/c1-30-19-11-12-22-21(15-19)20-13-14-28(25(29)17-5-3-2-4-6-17)24(23(20)27-22)16-7-9-18(26)10-8-16/h2-12,15,24,27H,13-14H2,1H3/t24-/m1/s1. The fourth-order valence-corrected chi connectivity index (χ4v) is 4.35. The lowest BCUT2D eigenvalue weighted by atomic mass is 9.91. The summed E-state index contributed by atoms with van der Waals surface area (Å²) in [5, 5.41) is 1.10. The molecule has 0 saturated carbocycles. The molecule has 1 N–H and O–H groups in total. The Labute approximate surface area is 173 Å². The maximum absolute atomic E-state index is 13.6. The van der Waals surface area contributed by atoms with E-state index in [0.717, 1.165) is 34.3 Å². The van der Waals surface area contributed by atoms with Gasteiger partial charge in [-0.3, -0.25) is 4.79 Å². The van der Waals surface area contributed by atoms with Crippen molar-refractivity contribution >= 4 is 16.8 Å². The molecule has 1 atom stereocenters. The van der Waals surface area contributed by atoms with Gasteiger partial charge in [0.1, 0.15) is 11.6 Å². The molecule has 5 heteroatoms. The normalized spacial score (nSPS) is 15.8. The van der Waals surface area contributed by atoms with Gasteiger partial charge in [-0.05, 0) is 60.0 Å². The van der Waals surface area contributed by atoms with Gasteiger partial charge in [0.25, 0.3) is 5.91 Å². The highest BCUT2D eigenvalue weighted by Crippen LogP contribution is 2.40.